The number of nitrogens with zero attached hydrogens (tertiary/aromatic N) is 1. The highest BCUT2D eigenvalue weighted by Crippen LogP contribution is 2.21. The van der Waals surface area contributed by atoms with E-state index in [1.807, 2.05) is 18.2 Å². The van der Waals surface area contributed by atoms with Gasteiger partial charge in [0.15, 0.2) is 0 Å². The van der Waals surface area contributed by atoms with E-state index in [0.29, 0.717) is 18.7 Å². The lowest BCUT2D eigenvalue weighted by Gasteiger charge is -2.17. The lowest BCUT2D eigenvalue weighted by Crippen LogP contribution is -2.29. The standard InChI is InChI=1S/C15H19N3O3/c1-16-9-8-13(19)17-12-5-3-2-4-11(12)10-18-14(20)6-7-15(18)21/h2-5,16H,6-10H2,1H3,(H,17,19). The number of imide groups is 1. The van der Waals surface area contributed by atoms with Crippen molar-refractivity contribution in [2.75, 3.05) is 18.9 Å². The summed E-state index contributed by atoms with van der Waals surface area (Å²) in [6, 6.07) is 7.22. The van der Waals surface area contributed by atoms with Crippen molar-refractivity contribution in [2.45, 2.75) is 25.8 Å². The van der Waals surface area contributed by atoms with Crippen LogP contribution in [-0.4, -0.2) is 36.2 Å². The van der Waals surface area contributed by atoms with Gasteiger partial charge in [0.05, 0.1) is 6.54 Å². The highest BCUT2D eigenvalue weighted by Gasteiger charge is 2.29. The van der Waals surface area contributed by atoms with Crippen LogP contribution in [0.4, 0.5) is 5.69 Å². The SMILES string of the molecule is CNCCC(=O)Nc1ccccc1CN1C(=O)CCC1=O. The van der Waals surface area contributed by atoms with Gasteiger partial charge in [0, 0.05) is 31.5 Å². The van der Waals surface area contributed by atoms with E-state index in [-0.39, 0.29) is 37.1 Å². The molecule has 1 aliphatic rings. The first-order chi connectivity index (χ1) is 10.1. The Balaban J connectivity index is 2.08. The Morgan fingerprint density at radius 1 is 1.19 bits per heavy atom. The molecule has 1 aromatic carbocycles. The van der Waals surface area contributed by atoms with E-state index >= 15 is 0 Å². The number of para-hydroxylation sites is 1. The van der Waals surface area contributed by atoms with Gasteiger partial charge in [-0.2, -0.15) is 0 Å². The number of likely N-dealkylation sites (tertiary alicyclic amines) is 1. The maximum atomic E-state index is 11.8. The van der Waals surface area contributed by atoms with Crippen molar-refractivity contribution in [2.24, 2.45) is 0 Å². The predicted molar refractivity (Wildman–Crippen MR) is 78.4 cm³/mol. The Labute approximate surface area is 123 Å². The molecule has 1 aromatic rings. The van der Waals surface area contributed by atoms with Gasteiger partial charge in [0.2, 0.25) is 17.7 Å². The van der Waals surface area contributed by atoms with E-state index in [9.17, 15) is 14.4 Å². The molecule has 2 rings (SSSR count). The number of hydrogen-bond acceptors (Lipinski definition) is 4. The van der Waals surface area contributed by atoms with Crippen molar-refractivity contribution < 1.29 is 14.4 Å². The first-order valence-electron chi connectivity index (χ1n) is 6.97. The van der Waals surface area contributed by atoms with Crippen molar-refractivity contribution in [3.05, 3.63) is 29.8 Å². The Bertz CT molecular complexity index is 541. The molecule has 0 bridgehead atoms. The molecular formula is C15H19N3O3. The summed E-state index contributed by atoms with van der Waals surface area (Å²) in [5.41, 5.74) is 1.41. The molecule has 0 spiro atoms. The molecule has 0 atom stereocenters. The molecule has 6 heteroatoms. The van der Waals surface area contributed by atoms with Gasteiger partial charge in [0.1, 0.15) is 0 Å². The molecule has 6 nitrogen and oxygen atoms in total. The second kappa shape index (κ2) is 6.99. The predicted octanol–water partition coefficient (Wildman–Crippen LogP) is 0.884. The Hall–Kier alpha value is -2.21. The fourth-order valence-corrected chi connectivity index (χ4v) is 2.20. The Kier molecular flexibility index (Phi) is 5.05. The zero-order chi connectivity index (χ0) is 15.2. The number of rotatable bonds is 6. The third-order valence-corrected chi connectivity index (χ3v) is 3.38. The lowest BCUT2D eigenvalue weighted by atomic mass is 10.1. The zero-order valence-electron chi connectivity index (χ0n) is 12.0. The van der Waals surface area contributed by atoms with Crippen LogP contribution in [0.25, 0.3) is 0 Å². The summed E-state index contributed by atoms with van der Waals surface area (Å²) in [7, 11) is 1.78. The van der Waals surface area contributed by atoms with E-state index in [1.54, 1.807) is 13.1 Å². The second-order valence-corrected chi connectivity index (χ2v) is 4.93. The van der Waals surface area contributed by atoms with E-state index in [0.717, 1.165) is 5.56 Å². The number of hydrogen-bond donors (Lipinski definition) is 2. The van der Waals surface area contributed by atoms with Crippen molar-refractivity contribution in [3.8, 4) is 0 Å². The van der Waals surface area contributed by atoms with Crippen LogP contribution in [-0.2, 0) is 20.9 Å². The van der Waals surface area contributed by atoms with E-state index < -0.39 is 0 Å². The third kappa shape index (κ3) is 3.88. The fraction of sp³-hybridized carbons (Fsp3) is 0.400. The largest absolute Gasteiger partial charge is 0.326 e. The van der Waals surface area contributed by atoms with Crippen LogP contribution >= 0.6 is 0 Å². The molecule has 21 heavy (non-hydrogen) atoms. The van der Waals surface area contributed by atoms with Crippen LogP contribution < -0.4 is 10.6 Å². The quantitative estimate of drug-likeness (QED) is 0.762. The molecule has 0 saturated carbocycles. The summed E-state index contributed by atoms with van der Waals surface area (Å²) in [5, 5.41) is 5.73. The molecule has 112 valence electrons. The molecular weight excluding hydrogens is 270 g/mol. The van der Waals surface area contributed by atoms with Gasteiger partial charge in [-0.05, 0) is 18.7 Å². The van der Waals surface area contributed by atoms with E-state index in [1.165, 1.54) is 4.90 Å². The average molecular weight is 289 g/mol. The fourth-order valence-electron chi connectivity index (χ4n) is 2.20. The van der Waals surface area contributed by atoms with Crippen LogP contribution in [0.1, 0.15) is 24.8 Å². The number of anilines is 1. The topological polar surface area (TPSA) is 78.5 Å². The van der Waals surface area contributed by atoms with Crippen LogP contribution in [0.2, 0.25) is 0 Å². The monoisotopic (exact) mass is 289 g/mol. The lowest BCUT2D eigenvalue weighted by molar-refractivity contribution is -0.139. The highest BCUT2D eigenvalue weighted by atomic mass is 16.2. The van der Waals surface area contributed by atoms with Crippen molar-refractivity contribution in [3.63, 3.8) is 0 Å². The van der Waals surface area contributed by atoms with Gasteiger partial charge in [0.25, 0.3) is 0 Å². The minimum atomic E-state index is -0.156. The first kappa shape index (κ1) is 15.2. The minimum Gasteiger partial charge on any atom is -0.326 e. The van der Waals surface area contributed by atoms with Crippen molar-refractivity contribution in [1.82, 2.24) is 10.2 Å². The van der Waals surface area contributed by atoms with Crippen molar-refractivity contribution in [1.29, 1.82) is 0 Å². The molecule has 1 heterocycles. The number of nitrogens with one attached hydrogen (secondary N) is 2. The maximum absolute atomic E-state index is 11.8. The molecule has 3 amide bonds. The highest BCUT2D eigenvalue weighted by molar-refractivity contribution is 6.02. The average Bonchev–Trinajstić information content (AvgIpc) is 2.79. The number of carbonyl (C=O) groups excluding carboxylic acids is 3. The first-order valence-corrected chi connectivity index (χ1v) is 6.97. The van der Waals surface area contributed by atoms with E-state index in [4.69, 9.17) is 0 Å². The van der Waals surface area contributed by atoms with Crippen LogP contribution in [0.5, 0.6) is 0 Å². The summed E-state index contributed by atoms with van der Waals surface area (Å²) in [4.78, 5) is 36.4. The molecule has 0 aromatic heterocycles. The zero-order valence-corrected chi connectivity index (χ0v) is 12.0. The summed E-state index contributed by atoms with van der Waals surface area (Å²) in [5.74, 6) is -0.413. The Morgan fingerprint density at radius 2 is 1.86 bits per heavy atom. The molecule has 1 saturated heterocycles. The summed E-state index contributed by atoms with van der Waals surface area (Å²) >= 11 is 0. The molecule has 1 aliphatic heterocycles. The van der Waals surface area contributed by atoms with Gasteiger partial charge < -0.3 is 10.6 Å². The third-order valence-electron chi connectivity index (χ3n) is 3.38. The normalized spacial score (nSPS) is 14.6. The van der Waals surface area contributed by atoms with Gasteiger partial charge in [-0.25, -0.2) is 0 Å². The summed E-state index contributed by atoms with van der Waals surface area (Å²) < 4.78 is 0. The van der Waals surface area contributed by atoms with E-state index in [2.05, 4.69) is 10.6 Å². The summed E-state index contributed by atoms with van der Waals surface area (Å²) in [6.07, 6.45) is 0.914. The van der Waals surface area contributed by atoms with Gasteiger partial charge in [-0.3, -0.25) is 19.3 Å². The van der Waals surface area contributed by atoms with Crippen LogP contribution in [0, 0.1) is 0 Å². The molecule has 1 fully saturated rings. The van der Waals surface area contributed by atoms with Gasteiger partial charge in [-0.1, -0.05) is 18.2 Å². The summed E-state index contributed by atoms with van der Waals surface area (Å²) in [6.45, 7) is 0.803. The van der Waals surface area contributed by atoms with Crippen LogP contribution in [0.3, 0.4) is 0 Å². The molecule has 2 N–H and O–H groups in total. The van der Waals surface area contributed by atoms with Crippen LogP contribution in [0.15, 0.2) is 24.3 Å². The number of carbonyl (C=O) groups is 3. The molecule has 0 radical (unpaired) electrons. The molecule has 0 unspecified atom stereocenters. The Morgan fingerprint density at radius 3 is 2.52 bits per heavy atom. The molecule has 0 aliphatic carbocycles. The van der Waals surface area contributed by atoms with Gasteiger partial charge in [-0.15, -0.1) is 0 Å². The van der Waals surface area contributed by atoms with Crippen molar-refractivity contribution >= 4 is 23.4 Å². The maximum Gasteiger partial charge on any atom is 0.229 e. The second-order valence-electron chi connectivity index (χ2n) is 4.93. The number of benzene rings is 1. The van der Waals surface area contributed by atoms with Gasteiger partial charge >= 0.3 is 0 Å². The minimum absolute atomic E-state index is 0.101. The smallest absolute Gasteiger partial charge is 0.229 e. The number of amides is 3.